The molecule has 0 heterocycles. The van der Waals surface area contributed by atoms with E-state index in [0.29, 0.717) is 11.6 Å². The number of carbonyl (C=O) groups excluding carboxylic acids is 1. The number of hydrogen-bond acceptors (Lipinski definition) is 2. The van der Waals surface area contributed by atoms with Crippen LogP contribution in [-0.4, -0.2) is 6.03 Å². The predicted molar refractivity (Wildman–Crippen MR) is 86.9 cm³/mol. The van der Waals surface area contributed by atoms with Gasteiger partial charge in [0, 0.05) is 10.6 Å². The molecule has 3 nitrogen and oxygen atoms in total. The number of thiol groups is 1. The highest BCUT2D eigenvalue weighted by Crippen LogP contribution is 2.20. The Morgan fingerprint density at radius 1 is 1.00 bits per heavy atom. The zero-order valence-electron chi connectivity index (χ0n) is 11.6. The van der Waals surface area contributed by atoms with E-state index in [9.17, 15) is 4.79 Å². The average Bonchev–Trinajstić information content (AvgIpc) is 2.42. The van der Waals surface area contributed by atoms with Crippen LogP contribution in [0.5, 0.6) is 0 Å². The minimum Gasteiger partial charge on any atom is -0.308 e. The summed E-state index contributed by atoms with van der Waals surface area (Å²) in [5.74, 6) is 0.480. The van der Waals surface area contributed by atoms with Crippen molar-refractivity contribution in [3.63, 3.8) is 0 Å². The van der Waals surface area contributed by atoms with Gasteiger partial charge in [0.15, 0.2) is 0 Å². The number of benzene rings is 2. The van der Waals surface area contributed by atoms with Gasteiger partial charge >= 0.3 is 6.03 Å². The summed E-state index contributed by atoms with van der Waals surface area (Å²) in [7, 11) is 0. The molecule has 0 atom stereocenters. The smallest absolute Gasteiger partial charge is 0.308 e. The van der Waals surface area contributed by atoms with Crippen LogP contribution in [0.3, 0.4) is 0 Å². The van der Waals surface area contributed by atoms with Crippen molar-refractivity contribution in [2.24, 2.45) is 0 Å². The lowest BCUT2D eigenvalue weighted by Gasteiger charge is -2.10. The molecule has 2 rings (SSSR count). The Kier molecular flexibility index (Phi) is 4.69. The van der Waals surface area contributed by atoms with Crippen molar-refractivity contribution in [1.82, 2.24) is 0 Å². The first-order valence-electron chi connectivity index (χ1n) is 6.52. The zero-order valence-corrected chi connectivity index (χ0v) is 12.4. The molecule has 2 aromatic carbocycles. The molecule has 4 heteroatoms. The maximum Gasteiger partial charge on any atom is 0.323 e. The average molecular weight is 286 g/mol. The van der Waals surface area contributed by atoms with Gasteiger partial charge in [0.05, 0.1) is 5.69 Å². The molecule has 0 unspecified atom stereocenters. The maximum atomic E-state index is 11.9. The number of anilines is 2. The molecule has 2 N–H and O–H groups in total. The summed E-state index contributed by atoms with van der Waals surface area (Å²) in [6, 6.07) is 14.9. The largest absolute Gasteiger partial charge is 0.323 e. The van der Waals surface area contributed by atoms with Crippen LogP contribution in [-0.2, 0) is 0 Å². The Hall–Kier alpha value is -1.94. The second-order valence-electron chi connectivity index (χ2n) is 4.87. The van der Waals surface area contributed by atoms with Crippen LogP contribution in [0.1, 0.15) is 25.3 Å². The molecule has 0 bridgehead atoms. The van der Waals surface area contributed by atoms with Crippen LogP contribution in [0.4, 0.5) is 16.2 Å². The molecule has 0 aliphatic heterocycles. The fraction of sp³-hybridized carbons (Fsp3) is 0.188. The van der Waals surface area contributed by atoms with Gasteiger partial charge in [-0.15, -0.1) is 12.6 Å². The molecule has 2 amide bonds. The van der Waals surface area contributed by atoms with Crippen LogP contribution >= 0.6 is 12.6 Å². The van der Waals surface area contributed by atoms with Gasteiger partial charge in [-0.2, -0.15) is 0 Å². The number of hydrogen-bond donors (Lipinski definition) is 3. The molecular weight excluding hydrogens is 268 g/mol. The fourth-order valence-corrected chi connectivity index (χ4v) is 2.03. The monoisotopic (exact) mass is 286 g/mol. The van der Waals surface area contributed by atoms with E-state index >= 15 is 0 Å². The SMILES string of the molecule is CC(C)c1ccc(NC(=O)Nc2ccccc2S)cc1. The van der Waals surface area contributed by atoms with Gasteiger partial charge in [-0.05, 0) is 35.7 Å². The molecule has 0 aliphatic carbocycles. The van der Waals surface area contributed by atoms with Crippen molar-refractivity contribution in [2.75, 3.05) is 10.6 Å². The Bertz CT molecular complexity index is 594. The number of amides is 2. The topological polar surface area (TPSA) is 41.1 Å². The third-order valence-electron chi connectivity index (χ3n) is 2.99. The number of rotatable bonds is 3. The maximum absolute atomic E-state index is 11.9. The summed E-state index contributed by atoms with van der Waals surface area (Å²) >= 11 is 4.29. The third-order valence-corrected chi connectivity index (χ3v) is 3.38. The molecule has 0 aliphatic rings. The normalized spacial score (nSPS) is 10.4. The Labute approximate surface area is 124 Å². The van der Waals surface area contributed by atoms with Crippen LogP contribution in [0.25, 0.3) is 0 Å². The van der Waals surface area contributed by atoms with E-state index in [4.69, 9.17) is 0 Å². The van der Waals surface area contributed by atoms with Gasteiger partial charge in [0.2, 0.25) is 0 Å². The standard InChI is InChI=1S/C16H18N2OS/c1-11(2)12-7-9-13(10-8-12)17-16(19)18-14-5-3-4-6-15(14)20/h3-11,20H,1-2H3,(H2,17,18,19). The first kappa shape index (κ1) is 14.5. The Balaban J connectivity index is 1.99. The quantitative estimate of drug-likeness (QED) is 0.701. The summed E-state index contributed by atoms with van der Waals surface area (Å²) < 4.78 is 0. The second kappa shape index (κ2) is 6.48. The van der Waals surface area contributed by atoms with Gasteiger partial charge in [-0.3, -0.25) is 0 Å². The summed E-state index contributed by atoms with van der Waals surface area (Å²) in [5.41, 5.74) is 2.70. The molecule has 0 radical (unpaired) electrons. The summed E-state index contributed by atoms with van der Waals surface area (Å²) in [6.45, 7) is 4.28. The number of urea groups is 1. The van der Waals surface area contributed by atoms with E-state index in [1.165, 1.54) is 5.56 Å². The number of carbonyl (C=O) groups is 1. The van der Waals surface area contributed by atoms with Gasteiger partial charge in [-0.1, -0.05) is 38.1 Å². The lowest BCUT2D eigenvalue weighted by molar-refractivity contribution is 0.262. The van der Waals surface area contributed by atoms with Crippen LogP contribution in [0, 0.1) is 0 Å². The second-order valence-corrected chi connectivity index (χ2v) is 5.35. The van der Waals surface area contributed by atoms with Crippen molar-refractivity contribution in [3.05, 3.63) is 54.1 Å². The van der Waals surface area contributed by atoms with Crippen LogP contribution in [0.15, 0.2) is 53.4 Å². The van der Waals surface area contributed by atoms with E-state index in [-0.39, 0.29) is 6.03 Å². The zero-order chi connectivity index (χ0) is 14.5. The first-order chi connectivity index (χ1) is 9.56. The van der Waals surface area contributed by atoms with Crippen LogP contribution in [0.2, 0.25) is 0 Å². The third kappa shape index (κ3) is 3.78. The Morgan fingerprint density at radius 3 is 2.25 bits per heavy atom. The minimum absolute atomic E-state index is 0.274. The highest BCUT2D eigenvalue weighted by molar-refractivity contribution is 7.80. The summed E-state index contributed by atoms with van der Waals surface area (Å²) in [6.07, 6.45) is 0. The van der Waals surface area contributed by atoms with Crippen molar-refractivity contribution in [1.29, 1.82) is 0 Å². The van der Waals surface area contributed by atoms with E-state index in [1.54, 1.807) is 0 Å². The van der Waals surface area contributed by atoms with Gasteiger partial charge < -0.3 is 10.6 Å². The van der Waals surface area contributed by atoms with E-state index in [2.05, 4.69) is 37.1 Å². The van der Waals surface area contributed by atoms with Crippen molar-refractivity contribution in [2.45, 2.75) is 24.7 Å². The van der Waals surface area contributed by atoms with Gasteiger partial charge in [0.1, 0.15) is 0 Å². The molecule has 20 heavy (non-hydrogen) atoms. The van der Waals surface area contributed by atoms with E-state index < -0.39 is 0 Å². The molecule has 0 fully saturated rings. The van der Waals surface area contributed by atoms with Crippen molar-refractivity contribution >= 4 is 30.0 Å². The number of nitrogens with one attached hydrogen (secondary N) is 2. The highest BCUT2D eigenvalue weighted by Gasteiger charge is 2.05. The van der Waals surface area contributed by atoms with E-state index in [0.717, 1.165) is 10.6 Å². The lowest BCUT2D eigenvalue weighted by atomic mass is 10.0. The predicted octanol–water partition coefficient (Wildman–Crippen LogP) is 4.74. The highest BCUT2D eigenvalue weighted by atomic mass is 32.1. The van der Waals surface area contributed by atoms with Crippen LogP contribution < -0.4 is 10.6 Å². The number of para-hydroxylation sites is 1. The first-order valence-corrected chi connectivity index (χ1v) is 6.97. The van der Waals surface area contributed by atoms with Crippen molar-refractivity contribution < 1.29 is 4.79 Å². The molecule has 0 saturated heterocycles. The molecule has 104 valence electrons. The molecule has 0 saturated carbocycles. The Morgan fingerprint density at radius 2 is 1.65 bits per heavy atom. The van der Waals surface area contributed by atoms with Gasteiger partial charge in [-0.25, -0.2) is 4.79 Å². The van der Waals surface area contributed by atoms with Gasteiger partial charge in [0.25, 0.3) is 0 Å². The van der Waals surface area contributed by atoms with Crippen molar-refractivity contribution in [3.8, 4) is 0 Å². The molecule has 2 aromatic rings. The molecule has 0 spiro atoms. The summed E-state index contributed by atoms with van der Waals surface area (Å²) in [5, 5.41) is 5.57. The minimum atomic E-state index is -0.274. The lowest BCUT2D eigenvalue weighted by Crippen LogP contribution is -2.19. The fourth-order valence-electron chi connectivity index (χ4n) is 1.82. The summed E-state index contributed by atoms with van der Waals surface area (Å²) in [4.78, 5) is 12.6. The molecule has 0 aromatic heterocycles. The molecular formula is C16H18N2OS. The van der Waals surface area contributed by atoms with E-state index in [1.807, 2.05) is 48.5 Å².